The highest BCUT2D eigenvalue weighted by Gasteiger charge is 2.27. The van der Waals surface area contributed by atoms with Gasteiger partial charge in [-0.15, -0.1) is 0 Å². The van der Waals surface area contributed by atoms with E-state index in [1.807, 2.05) is 37.3 Å². The molecule has 0 aliphatic heterocycles. The summed E-state index contributed by atoms with van der Waals surface area (Å²) in [5, 5.41) is 13.8. The minimum Gasteiger partial charge on any atom is -0.399 e. The van der Waals surface area contributed by atoms with Crippen LogP contribution >= 0.6 is 23.2 Å². The zero-order valence-corrected chi connectivity index (χ0v) is 12.5. The molecule has 0 bridgehead atoms. The van der Waals surface area contributed by atoms with Gasteiger partial charge in [0, 0.05) is 5.69 Å². The zero-order chi connectivity index (χ0) is 14.8. The van der Waals surface area contributed by atoms with Gasteiger partial charge in [0.25, 0.3) is 0 Å². The van der Waals surface area contributed by atoms with Crippen LogP contribution in [-0.4, -0.2) is 11.7 Å². The number of rotatable bonds is 4. The van der Waals surface area contributed by atoms with Crippen molar-refractivity contribution in [3.05, 3.63) is 58.1 Å². The third-order valence-electron chi connectivity index (χ3n) is 3.19. The van der Waals surface area contributed by atoms with Crippen molar-refractivity contribution in [1.29, 1.82) is 0 Å². The summed E-state index contributed by atoms with van der Waals surface area (Å²) >= 11 is 12.4. The molecule has 1 unspecified atom stereocenters. The number of benzene rings is 2. The number of aliphatic hydroxyl groups excluding tert-OH is 1. The molecule has 4 N–H and O–H groups in total. The molecular formula is C15H16Cl2N2O. The van der Waals surface area contributed by atoms with Crippen molar-refractivity contribution in [1.82, 2.24) is 0 Å². The summed E-state index contributed by atoms with van der Waals surface area (Å²) in [5.41, 5.74) is 6.99. The first-order valence-electron chi connectivity index (χ1n) is 6.15. The monoisotopic (exact) mass is 310 g/mol. The van der Waals surface area contributed by atoms with Gasteiger partial charge in [0.1, 0.15) is 0 Å². The van der Waals surface area contributed by atoms with Crippen molar-refractivity contribution in [3.8, 4) is 0 Å². The minimum absolute atomic E-state index is 0.103. The zero-order valence-electron chi connectivity index (χ0n) is 11.0. The molecule has 0 amide bonds. The van der Waals surface area contributed by atoms with E-state index in [9.17, 15) is 5.11 Å². The Hall–Kier alpha value is -1.42. The first kappa shape index (κ1) is 15.0. The topological polar surface area (TPSA) is 58.3 Å². The first-order valence-corrected chi connectivity index (χ1v) is 6.91. The van der Waals surface area contributed by atoms with Crippen LogP contribution in [0.1, 0.15) is 12.5 Å². The van der Waals surface area contributed by atoms with E-state index in [2.05, 4.69) is 5.32 Å². The fourth-order valence-electron chi connectivity index (χ4n) is 2.00. The fourth-order valence-corrected chi connectivity index (χ4v) is 2.60. The third kappa shape index (κ3) is 3.01. The molecule has 0 radical (unpaired) electrons. The maximum absolute atomic E-state index is 9.76. The normalized spacial score (nSPS) is 13.8. The second-order valence-corrected chi connectivity index (χ2v) is 5.66. The average molecular weight is 311 g/mol. The van der Waals surface area contributed by atoms with E-state index >= 15 is 0 Å². The predicted molar refractivity (Wildman–Crippen MR) is 85.4 cm³/mol. The molecule has 2 rings (SSSR count). The van der Waals surface area contributed by atoms with Crippen LogP contribution < -0.4 is 11.1 Å². The molecule has 2 aromatic rings. The van der Waals surface area contributed by atoms with Gasteiger partial charge in [0.15, 0.2) is 0 Å². The van der Waals surface area contributed by atoms with Crippen LogP contribution in [-0.2, 0) is 5.54 Å². The van der Waals surface area contributed by atoms with Gasteiger partial charge >= 0.3 is 0 Å². The maximum Gasteiger partial charge on any atom is 0.0829 e. The van der Waals surface area contributed by atoms with Gasteiger partial charge in [0.05, 0.1) is 27.9 Å². The summed E-state index contributed by atoms with van der Waals surface area (Å²) in [6.07, 6.45) is 0. The number of halogens is 2. The van der Waals surface area contributed by atoms with Crippen LogP contribution in [0, 0.1) is 0 Å². The molecule has 2 aromatic carbocycles. The summed E-state index contributed by atoms with van der Waals surface area (Å²) in [5.74, 6) is 0. The van der Waals surface area contributed by atoms with Gasteiger partial charge in [-0.25, -0.2) is 0 Å². The molecule has 106 valence electrons. The number of anilines is 2. The summed E-state index contributed by atoms with van der Waals surface area (Å²) in [4.78, 5) is 0. The molecule has 0 aliphatic carbocycles. The van der Waals surface area contributed by atoms with E-state index in [0.29, 0.717) is 21.4 Å². The van der Waals surface area contributed by atoms with Gasteiger partial charge in [-0.05, 0) is 24.6 Å². The van der Waals surface area contributed by atoms with E-state index in [1.54, 1.807) is 12.1 Å². The molecule has 5 heteroatoms. The van der Waals surface area contributed by atoms with Gasteiger partial charge in [-0.1, -0.05) is 53.5 Å². The number of nitrogen functional groups attached to an aromatic ring is 1. The molecule has 0 spiro atoms. The van der Waals surface area contributed by atoms with Crippen LogP contribution in [0.5, 0.6) is 0 Å². The Morgan fingerprint density at radius 1 is 1.15 bits per heavy atom. The molecule has 0 aliphatic rings. The number of hydrogen-bond donors (Lipinski definition) is 3. The lowest BCUT2D eigenvalue weighted by Crippen LogP contribution is -2.36. The van der Waals surface area contributed by atoms with Gasteiger partial charge in [-0.2, -0.15) is 0 Å². The molecule has 0 heterocycles. The van der Waals surface area contributed by atoms with E-state index in [-0.39, 0.29) is 6.61 Å². The Labute approximate surface area is 128 Å². The van der Waals surface area contributed by atoms with Gasteiger partial charge in [0.2, 0.25) is 0 Å². The largest absolute Gasteiger partial charge is 0.399 e. The summed E-state index contributed by atoms with van der Waals surface area (Å²) in [7, 11) is 0. The second-order valence-electron chi connectivity index (χ2n) is 4.84. The van der Waals surface area contributed by atoms with Crippen molar-refractivity contribution in [2.45, 2.75) is 12.5 Å². The molecule has 20 heavy (non-hydrogen) atoms. The number of nitrogens with one attached hydrogen (secondary N) is 1. The fraction of sp³-hybridized carbons (Fsp3) is 0.200. The standard InChI is InChI=1S/C15H16Cl2N2O/c1-15(9-20,10-5-3-2-4-6-10)19-14-12(16)7-11(18)8-13(14)17/h2-8,19-20H,9,18H2,1H3. The van der Waals surface area contributed by atoms with E-state index < -0.39 is 5.54 Å². The number of hydrogen-bond acceptors (Lipinski definition) is 3. The quantitative estimate of drug-likeness (QED) is 0.751. The van der Waals surface area contributed by atoms with Crippen LogP contribution in [0.3, 0.4) is 0 Å². The second kappa shape index (κ2) is 5.92. The Morgan fingerprint density at radius 3 is 2.20 bits per heavy atom. The number of aliphatic hydroxyl groups is 1. The molecular weight excluding hydrogens is 295 g/mol. The van der Waals surface area contributed by atoms with E-state index in [1.165, 1.54) is 0 Å². The minimum atomic E-state index is -0.690. The average Bonchev–Trinajstić information content (AvgIpc) is 2.43. The maximum atomic E-state index is 9.76. The van der Waals surface area contributed by atoms with Gasteiger partial charge in [-0.3, -0.25) is 0 Å². The summed E-state index contributed by atoms with van der Waals surface area (Å²) < 4.78 is 0. The Kier molecular flexibility index (Phi) is 4.43. The molecule has 0 fully saturated rings. The van der Waals surface area contributed by atoms with Gasteiger partial charge < -0.3 is 16.2 Å². The Morgan fingerprint density at radius 2 is 1.70 bits per heavy atom. The van der Waals surface area contributed by atoms with Crippen molar-refractivity contribution in [2.24, 2.45) is 0 Å². The van der Waals surface area contributed by atoms with Crippen molar-refractivity contribution < 1.29 is 5.11 Å². The lowest BCUT2D eigenvalue weighted by atomic mass is 9.92. The summed E-state index contributed by atoms with van der Waals surface area (Å²) in [6.45, 7) is 1.78. The predicted octanol–water partition coefficient (Wildman–Crippen LogP) is 3.90. The van der Waals surface area contributed by atoms with Crippen molar-refractivity contribution in [3.63, 3.8) is 0 Å². The van der Waals surface area contributed by atoms with Crippen molar-refractivity contribution in [2.75, 3.05) is 17.7 Å². The molecule has 0 saturated heterocycles. The highest BCUT2D eigenvalue weighted by molar-refractivity contribution is 6.39. The molecule has 1 atom stereocenters. The Bertz CT molecular complexity index is 581. The van der Waals surface area contributed by atoms with Crippen LogP contribution in [0.15, 0.2) is 42.5 Å². The summed E-state index contributed by atoms with van der Waals surface area (Å²) in [6, 6.07) is 12.9. The van der Waals surface area contributed by atoms with Crippen LogP contribution in [0.2, 0.25) is 10.0 Å². The SMILES string of the molecule is CC(CO)(Nc1c(Cl)cc(N)cc1Cl)c1ccccc1. The smallest absolute Gasteiger partial charge is 0.0829 e. The highest BCUT2D eigenvalue weighted by atomic mass is 35.5. The van der Waals surface area contributed by atoms with Crippen LogP contribution in [0.4, 0.5) is 11.4 Å². The molecule has 3 nitrogen and oxygen atoms in total. The Balaban J connectivity index is 2.41. The van der Waals surface area contributed by atoms with Crippen LogP contribution in [0.25, 0.3) is 0 Å². The lowest BCUT2D eigenvalue weighted by Gasteiger charge is -2.31. The lowest BCUT2D eigenvalue weighted by molar-refractivity contribution is 0.224. The molecule has 0 saturated carbocycles. The highest BCUT2D eigenvalue weighted by Crippen LogP contribution is 2.37. The van der Waals surface area contributed by atoms with Crippen molar-refractivity contribution >= 4 is 34.6 Å². The van der Waals surface area contributed by atoms with E-state index in [4.69, 9.17) is 28.9 Å². The molecule has 0 aromatic heterocycles. The van der Waals surface area contributed by atoms with E-state index in [0.717, 1.165) is 5.56 Å². The first-order chi connectivity index (χ1) is 9.46. The third-order valence-corrected chi connectivity index (χ3v) is 3.79. The number of nitrogens with two attached hydrogens (primary N) is 1.